The lowest BCUT2D eigenvalue weighted by Crippen LogP contribution is -2.26. The minimum absolute atomic E-state index is 0.0246. The molecule has 0 saturated heterocycles. The molecule has 29 heavy (non-hydrogen) atoms. The van der Waals surface area contributed by atoms with Gasteiger partial charge < -0.3 is 15.2 Å². The van der Waals surface area contributed by atoms with Crippen molar-refractivity contribution in [2.75, 3.05) is 6.61 Å². The number of aromatic amines is 1. The molecule has 4 rings (SSSR count). The lowest BCUT2D eigenvalue weighted by Gasteiger charge is -2.26. The maximum Gasteiger partial charge on any atom is 0.275 e. The average Bonchev–Trinajstić information content (AvgIpc) is 3.02. The average molecular weight is 388 g/mol. The molecule has 0 aliphatic carbocycles. The van der Waals surface area contributed by atoms with E-state index in [0.717, 1.165) is 0 Å². The first-order valence-corrected chi connectivity index (χ1v) is 9.27. The van der Waals surface area contributed by atoms with Gasteiger partial charge in [-0.1, -0.05) is 30.3 Å². The van der Waals surface area contributed by atoms with Crippen LogP contribution in [0.4, 0.5) is 0 Å². The van der Waals surface area contributed by atoms with Gasteiger partial charge in [-0.05, 0) is 32.0 Å². The summed E-state index contributed by atoms with van der Waals surface area (Å²) in [4.78, 5) is 13.4. The second kappa shape index (κ2) is 7.24. The van der Waals surface area contributed by atoms with E-state index in [9.17, 15) is 10.1 Å². The number of hydrogen-bond donors (Lipinski definition) is 2. The zero-order chi connectivity index (χ0) is 20.5. The highest BCUT2D eigenvalue weighted by molar-refractivity contribution is 5.60. The van der Waals surface area contributed by atoms with Gasteiger partial charge in [0.25, 0.3) is 5.56 Å². The smallest absolute Gasteiger partial charge is 0.275 e. The molecule has 0 radical (unpaired) electrons. The number of nitrogens with two attached hydrogens (primary N) is 1. The maximum absolute atomic E-state index is 13.4. The van der Waals surface area contributed by atoms with Gasteiger partial charge in [-0.15, -0.1) is 0 Å². The number of nitrogens with one attached hydrogen (secondary N) is 1. The molecular weight excluding hydrogens is 368 g/mol. The van der Waals surface area contributed by atoms with Crippen LogP contribution < -0.4 is 20.8 Å². The van der Waals surface area contributed by atoms with Crippen LogP contribution in [-0.2, 0) is 0 Å². The van der Waals surface area contributed by atoms with E-state index < -0.39 is 5.92 Å². The van der Waals surface area contributed by atoms with Crippen LogP contribution in [0.2, 0.25) is 0 Å². The molecule has 3 aromatic rings. The Balaban J connectivity index is 1.96. The van der Waals surface area contributed by atoms with E-state index in [1.165, 1.54) is 4.68 Å². The molecular formula is C22H20N4O3. The van der Waals surface area contributed by atoms with E-state index >= 15 is 0 Å². The number of aromatic nitrogens is 2. The van der Waals surface area contributed by atoms with Gasteiger partial charge in [-0.3, -0.25) is 9.89 Å². The number of aryl methyl sites for hydroxylation is 1. The minimum atomic E-state index is -0.655. The first-order chi connectivity index (χ1) is 14.1. The fourth-order valence-electron chi connectivity index (χ4n) is 3.68. The Morgan fingerprint density at radius 3 is 2.69 bits per heavy atom. The summed E-state index contributed by atoms with van der Waals surface area (Å²) in [6.07, 6.45) is 0. The van der Waals surface area contributed by atoms with E-state index in [4.69, 9.17) is 15.2 Å². The summed E-state index contributed by atoms with van der Waals surface area (Å²) in [6.45, 7) is 4.13. The lowest BCUT2D eigenvalue weighted by atomic mass is 9.83. The summed E-state index contributed by atoms with van der Waals surface area (Å²) in [5.74, 6) is 0.273. The van der Waals surface area contributed by atoms with Crippen LogP contribution in [0.15, 0.2) is 64.8 Å². The third-order valence-electron chi connectivity index (χ3n) is 4.93. The van der Waals surface area contributed by atoms with Gasteiger partial charge in [-0.2, -0.15) is 5.26 Å². The van der Waals surface area contributed by atoms with Crippen LogP contribution in [0.25, 0.3) is 5.69 Å². The standard InChI is InChI=1S/C22H20N4O3/c1-3-28-17-11-7-10-15-19(16(12-23)21(24)29-20(15)17)18-13(2)25-26(22(18)27)14-8-5-4-6-9-14/h4-11,19,25H,3,24H2,1-2H3. The second-order valence-corrected chi connectivity index (χ2v) is 6.66. The van der Waals surface area contributed by atoms with Gasteiger partial charge in [0.2, 0.25) is 5.88 Å². The Kier molecular flexibility index (Phi) is 4.61. The molecule has 7 heteroatoms. The summed E-state index contributed by atoms with van der Waals surface area (Å²) in [5.41, 5.74) is 8.51. The van der Waals surface area contributed by atoms with Gasteiger partial charge in [0.05, 0.1) is 23.8 Å². The first-order valence-electron chi connectivity index (χ1n) is 9.27. The number of ether oxygens (including phenoxy) is 2. The molecule has 0 spiro atoms. The molecule has 0 amide bonds. The van der Waals surface area contributed by atoms with Crippen molar-refractivity contribution in [2.45, 2.75) is 19.8 Å². The highest BCUT2D eigenvalue weighted by Gasteiger charge is 2.36. The highest BCUT2D eigenvalue weighted by Crippen LogP contribution is 2.46. The Hall–Kier alpha value is -3.92. The number of allylic oxidation sites excluding steroid dienone is 1. The molecule has 7 nitrogen and oxygen atoms in total. The predicted octanol–water partition coefficient (Wildman–Crippen LogP) is 3.09. The summed E-state index contributed by atoms with van der Waals surface area (Å²) in [6, 6.07) is 16.8. The molecule has 2 heterocycles. The largest absolute Gasteiger partial charge is 0.490 e. The second-order valence-electron chi connectivity index (χ2n) is 6.66. The van der Waals surface area contributed by atoms with Crippen molar-refractivity contribution < 1.29 is 9.47 Å². The monoisotopic (exact) mass is 388 g/mol. The summed E-state index contributed by atoms with van der Waals surface area (Å²) in [5, 5.41) is 12.9. The number of rotatable bonds is 4. The molecule has 1 aromatic heterocycles. The fourth-order valence-corrected chi connectivity index (χ4v) is 3.68. The van der Waals surface area contributed by atoms with Crippen molar-refractivity contribution in [2.24, 2.45) is 5.73 Å². The zero-order valence-corrected chi connectivity index (χ0v) is 16.1. The normalized spacial score (nSPS) is 15.4. The number of nitriles is 1. The van der Waals surface area contributed by atoms with Gasteiger partial charge >= 0.3 is 0 Å². The van der Waals surface area contributed by atoms with Crippen LogP contribution in [0, 0.1) is 18.3 Å². The predicted molar refractivity (Wildman–Crippen MR) is 108 cm³/mol. The number of H-pyrrole nitrogens is 1. The summed E-state index contributed by atoms with van der Waals surface area (Å²) < 4.78 is 12.9. The van der Waals surface area contributed by atoms with Gasteiger partial charge in [-0.25, -0.2) is 4.68 Å². The zero-order valence-electron chi connectivity index (χ0n) is 16.1. The van der Waals surface area contributed by atoms with Gasteiger partial charge in [0, 0.05) is 11.3 Å². The van der Waals surface area contributed by atoms with E-state index in [2.05, 4.69) is 11.2 Å². The number of fused-ring (bicyclic) bond motifs is 1. The number of para-hydroxylation sites is 2. The van der Waals surface area contributed by atoms with Crippen LogP contribution in [0.1, 0.15) is 29.7 Å². The molecule has 0 fully saturated rings. The molecule has 1 aliphatic heterocycles. The van der Waals surface area contributed by atoms with E-state index in [0.29, 0.717) is 40.6 Å². The van der Waals surface area contributed by atoms with Gasteiger partial charge in [0.15, 0.2) is 11.5 Å². The SMILES string of the molecule is CCOc1cccc2c1OC(N)=C(C#N)C2c1c(C)[nH]n(-c2ccccc2)c1=O. The molecule has 2 aromatic carbocycles. The van der Waals surface area contributed by atoms with E-state index in [1.54, 1.807) is 6.07 Å². The van der Waals surface area contributed by atoms with Crippen molar-refractivity contribution in [1.29, 1.82) is 5.26 Å². The van der Waals surface area contributed by atoms with Crippen LogP contribution in [0.5, 0.6) is 11.5 Å². The Morgan fingerprint density at radius 1 is 1.24 bits per heavy atom. The van der Waals surface area contributed by atoms with Crippen molar-refractivity contribution in [3.05, 3.63) is 87.2 Å². The van der Waals surface area contributed by atoms with E-state index in [-0.39, 0.29) is 17.0 Å². The van der Waals surface area contributed by atoms with Crippen molar-refractivity contribution >= 4 is 0 Å². The molecule has 0 bridgehead atoms. The fraction of sp³-hybridized carbons (Fsp3) is 0.182. The van der Waals surface area contributed by atoms with Gasteiger partial charge in [0.1, 0.15) is 11.6 Å². The molecule has 0 saturated carbocycles. The Bertz CT molecular complexity index is 1200. The Labute approximate surface area is 167 Å². The minimum Gasteiger partial charge on any atom is -0.490 e. The van der Waals surface area contributed by atoms with Crippen molar-refractivity contribution in [3.63, 3.8) is 0 Å². The van der Waals surface area contributed by atoms with Crippen LogP contribution >= 0.6 is 0 Å². The number of hydrogen-bond acceptors (Lipinski definition) is 5. The number of benzene rings is 2. The third kappa shape index (κ3) is 2.95. The molecule has 1 aliphatic rings. The highest BCUT2D eigenvalue weighted by atomic mass is 16.5. The molecule has 1 unspecified atom stereocenters. The molecule has 146 valence electrons. The Morgan fingerprint density at radius 2 is 2.00 bits per heavy atom. The topological polar surface area (TPSA) is 106 Å². The van der Waals surface area contributed by atoms with Crippen molar-refractivity contribution in [3.8, 4) is 23.3 Å². The summed E-state index contributed by atoms with van der Waals surface area (Å²) >= 11 is 0. The van der Waals surface area contributed by atoms with Crippen LogP contribution in [0.3, 0.4) is 0 Å². The quantitative estimate of drug-likeness (QED) is 0.714. The maximum atomic E-state index is 13.4. The van der Waals surface area contributed by atoms with Crippen molar-refractivity contribution in [1.82, 2.24) is 9.78 Å². The lowest BCUT2D eigenvalue weighted by molar-refractivity contribution is 0.306. The van der Waals surface area contributed by atoms with E-state index in [1.807, 2.05) is 56.3 Å². The number of nitrogens with zero attached hydrogens (tertiary/aromatic N) is 2. The summed E-state index contributed by atoms with van der Waals surface area (Å²) in [7, 11) is 0. The van der Waals surface area contributed by atoms with Crippen LogP contribution in [-0.4, -0.2) is 16.4 Å². The first kappa shape index (κ1) is 18.4. The molecule has 1 atom stereocenters. The third-order valence-corrected chi connectivity index (χ3v) is 4.93. The molecule has 3 N–H and O–H groups in total.